The van der Waals surface area contributed by atoms with Gasteiger partial charge in [0.15, 0.2) is 11.0 Å². The number of carbonyl (C=O) groups is 3. The van der Waals surface area contributed by atoms with E-state index in [9.17, 15) is 14.4 Å². The van der Waals surface area contributed by atoms with Gasteiger partial charge in [-0.25, -0.2) is 9.59 Å². The molecule has 2 heterocycles. The molecule has 1 amide bonds. The number of nitrogens with zero attached hydrogens (tertiary/aromatic N) is 4. The van der Waals surface area contributed by atoms with Gasteiger partial charge in [0.1, 0.15) is 5.69 Å². The fourth-order valence-corrected chi connectivity index (χ4v) is 3.62. The number of amides is 1. The zero-order chi connectivity index (χ0) is 23.8. The van der Waals surface area contributed by atoms with Crippen LogP contribution in [0.2, 0.25) is 0 Å². The lowest BCUT2D eigenvalue weighted by molar-refractivity contribution is -0.113. The van der Waals surface area contributed by atoms with Crippen LogP contribution in [0.4, 0.5) is 5.69 Å². The molecule has 33 heavy (non-hydrogen) atoms. The van der Waals surface area contributed by atoms with Crippen molar-refractivity contribution in [1.82, 2.24) is 19.7 Å². The number of benzene rings is 1. The van der Waals surface area contributed by atoms with E-state index in [2.05, 4.69) is 27.1 Å². The van der Waals surface area contributed by atoms with E-state index in [0.717, 1.165) is 0 Å². The van der Waals surface area contributed by atoms with Gasteiger partial charge in [0.25, 0.3) is 0 Å². The van der Waals surface area contributed by atoms with Gasteiger partial charge in [0, 0.05) is 18.4 Å². The highest BCUT2D eigenvalue weighted by atomic mass is 32.2. The second-order valence-corrected chi connectivity index (χ2v) is 7.48. The first-order valence-corrected chi connectivity index (χ1v) is 10.6. The third kappa shape index (κ3) is 5.83. The first-order chi connectivity index (χ1) is 16.0. The highest BCUT2D eigenvalue weighted by Crippen LogP contribution is 2.23. The summed E-state index contributed by atoms with van der Waals surface area (Å²) in [6, 6.07) is 9.64. The van der Waals surface area contributed by atoms with Gasteiger partial charge < -0.3 is 14.8 Å². The highest BCUT2D eigenvalue weighted by Gasteiger charge is 2.17. The molecule has 10 nitrogen and oxygen atoms in total. The van der Waals surface area contributed by atoms with Crippen molar-refractivity contribution in [2.24, 2.45) is 0 Å². The van der Waals surface area contributed by atoms with E-state index < -0.39 is 11.9 Å². The van der Waals surface area contributed by atoms with Crippen molar-refractivity contribution in [1.29, 1.82) is 0 Å². The van der Waals surface area contributed by atoms with Crippen LogP contribution in [-0.4, -0.2) is 57.6 Å². The summed E-state index contributed by atoms with van der Waals surface area (Å²) in [5.41, 5.74) is 1.12. The van der Waals surface area contributed by atoms with Gasteiger partial charge in [-0.3, -0.25) is 14.3 Å². The molecule has 0 radical (unpaired) electrons. The van der Waals surface area contributed by atoms with Gasteiger partial charge in [-0.1, -0.05) is 23.9 Å². The second kappa shape index (κ2) is 11.0. The number of carbonyl (C=O) groups excluding carboxylic acids is 3. The minimum Gasteiger partial charge on any atom is -0.465 e. The van der Waals surface area contributed by atoms with E-state index in [1.165, 1.54) is 44.2 Å². The van der Waals surface area contributed by atoms with Crippen molar-refractivity contribution >= 4 is 35.3 Å². The molecule has 11 heteroatoms. The van der Waals surface area contributed by atoms with E-state index in [1.54, 1.807) is 22.9 Å². The predicted molar refractivity (Wildman–Crippen MR) is 122 cm³/mol. The summed E-state index contributed by atoms with van der Waals surface area (Å²) in [6.45, 7) is 4.20. The molecular weight excluding hydrogens is 446 g/mol. The largest absolute Gasteiger partial charge is 0.465 e. The van der Waals surface area contributed by atoms with Crippen LogP contribution in [0.3, 0.4) is 0 Å². The molecule has 0 fully saturated rings. The number of esters is 2. The van der Waals surface area contributed by atoms with E-state index in [-0.39, 0.29) is 28.5 Å². The number of anilines is 1. The molecule has 0 bridgehead atoms. The number of ether oxygens (including phenoxy) is 2. The molecule has 0 spiro atoms. The topological polar surface area (TPSA) is 125 Å². The third-order valence-corrected chi connectivity index (χ3v) is 5.28. The SMILES string of the molecule is C=CCn1c(SCC(=O)Nc2cc(C(=O)OC)cc(C(=O)OC)c2)nnc1-c1ccccn1. The predicted octanol–water partition coefficient (Wildman–Crippen LogP) is 2.83. The molecule has 0 aliphatic carbocycles. The maximum atomic E-state index is 12.6. The van der Waals surface area contributed by atoms with Crippen molar-refractivity contribution in [2.75, 3.05) is 25.3 Å². The van der Waals surface area contributed by atoms with E-state index in [4.69, 9.17) is 9.47 Å². The molecule has 0 unspecified atom stereocenters. The molecule has 0 aliphatic rings. The van der Waals surface area contributed by atoms with Crippen molar-refractivity contribution in [3.63, 3.8) is 0 Å². The van der Waals surface area contributed by atoms with Gasteiger partial charge in [-0.05, 0) is 30.3 Å². The minimum absolute atomic E-state index is 0.00744. The van der Waals surface area contributed by atoms with Crippen LogP contribution in [0.15, 0.2) is 60.4 Å². The molecule has 170 valence electrons. The summed E-state index contributed by atoms with van der Waals surface area (Å²) in [7, 11) is 2.45. The van der Waals surface area contributed by atoms with Crippen LogP contribution in [0.25, 0.3) is 11.5 Å². The number of hydrogen-bond acceptors (Lipinski definition) is 9. The monoisotopic (exact) mass is 467 g/mol. The fourth-order valence-electron chi connectivity index (χ4n) is 2.87. The normalized spacial score (nSPS) is 10.4. The Kier molecular flexibility index (Phi) is 7.92. The summed E-state index contributed by atoms with van der Waals surface area (Å²) in [5, 5.41) is 11.6. The van der Waals surface area contributed by atoms with Gasteiger partial charge in [-0.2, -0.15) is 0 Å². The Morgan fingerprint density at radius 2 is 1.79 bits per heavy atom. The van der Waals surface area contributed by atoms with Crippen LogP contribution < -0.4 is 5.32 Å². The third-order valence-electron chi connectivity index (χ3n) is 4.31. The lowest BCUT2D eigenvalue weighted by Gasteiger charge is -2.10. The van der Waals surface area contributed by atoms with Gasteiger partial charge in [-0.15, -0.1) is 16.8 Å². The maximum absolute atomic E-state index is 12.6. The minimum atomic E-state index is -0.648. The summed E-state index contributed by atoms with van der Waals surface area (Å²) < 4.78 is 11.2. The van der Waals surface area contributed by atoms with Gasteiger partial charge >= 0.3 is 11.9 Å². The maximum Gasteiger partial charge on any atom is 0.337 e. The molecule has 0 saturated carbocycles. The van der Waals surface area contributed by atoms with Crippen LogP contribution >= 0.6 is 11.8 Å². The van der Waals surface area contributed by atoms with Crippen LogP contribution in [0, 0.1) is 0 Å². The summed E-state index contributed by atoms with van der Waals surface area (Å²) in [4.78, 5) is 40.7. The lowest BCUT2D eigenvalue weighted by Crippen LogP contribution is -2.16. The number of pyridine rings is 1. The molecule has 0 atom stereocenters. The van der Waals surface area contributed by atoms with Gasteiger partial charge in [0.2, 0.25) is 5.91 Å². The molecule has 0 saturated heterocycles. The number of hydrogen-bond donors (Lipinski definition) is 1. The standard InChI is InChI=1S/C22H21N5O5S/c1-4-9-27-19(17-7-5-6-8-23-17)25-26-22(27)33-13-18(28)24-16-11-14(20(29)31-2)10-15(12-16)21(30)32-3/h4-8,10-12H,1,9,13H2,2-3H3,(H,24,28). The molecule has 2 aromatic heterocycles. The Labute approximate surface area is 194 Å². The quantitative estimate of drug-likeness (QED) is 0.287. The summed E-state index contributed by atoms with van der Waals surface area (Å²) in [6.07, 6.45) is 3.36. The number of methoxy groups -OCH3 is 2. The molecule has 3 rings (SSSR count). The molecule has 1 aromatic carbocycles. The lowest BCUT2D eigenvalue weighted by atomic mass is 10.1. The Morgan fingerprint density at radius 3 is 2.36 bits per heavy atom. The van der Waals surface area contributed by atoms with E-state index >= 15 is 0 Å². The molecule has 1 N–H and O–H groups in total. The zero-order valence-electron chi connectivity index (χ0n) is 18.0. The summed E-state index contributed by atoms with van der Waals surface area (Å²) in [5.74, 6) is -1.10. The number of aromatic nitrogens is 4. The van der Waals surface area contributed by atoms with Crippen LogP contribution in [-0.2, 0) is 20.8 Å². The highest BCUT2D eigenvalue weighted by molar-refractivity contribution is 7.99. The number of nitrogens with one attached hydrogen (secondary N) is 1. The first-order valence-electron chi connectivity index (χ1n) is 9.66. The number of thioether (sulfide) groups is 1. The average molecular weight is 468 g/mol. The molecular formula is C22H21N5O5S. The van der Waals surface area contributed by atoms with E-state index in [1.807, 2.05) is 12.1 Å². The van der Waals surface area contributed by atoms with Crippen molar-refractivity contribution in [3.8, 4) is 11.5 Å². The van der Waals surface area contributed by atoms with Crippen molar-refractivity contribution < 1.29 is 23.9 Å². The zero-order valence-corrected chi connectivity index (χ0v) is 18.8. The first kappa shape index (κ1) is 23.7. The van der Waals surface area contributed by atoms with Crippen LogP contribution in [0.1, 0.15) is 20.7 Å². The van der Waals surface area contributed by atoms with Crippen molar-refractivity contribution in [2.45, 2.75) is 11.7 Å². The van der Waals surface area contributed by atoms with E-state index in [0.29, 0.717) is 23.2 Å². The second-order valence-electron chi connectivity index (χ2n) is 6.54. The number of allylic oxidation sites excluding steroid dienone is 1. The van der Waals surface area contributed by atoms with Crippen LogP contribution in [0.5, 0.6) is 0 Å². The Hall–Kier alpha value is -3.99. The Morgan fingerprint density at radius 1 is 1.09 bits per heavy atom. The molecule has 0 aliphatic heterocycles. The van der Waals surface area contributed by atoms with Gasteiger partial charge in [0.05, 0.1) is 31.1 Å². The average Bonchev–Trinajstić information content (AvgIpc) is 3.24. The smallest absolute Gasteiger partial charge is 0.337 e. The Bertz CT molecular complexity index is 1140. The Balaban J connectivity index is 1.76. The fraction of sp³-hybridized carbons (Fsp3) is 0.182. The van der Waals surface area contributed by atoms with Crippen molar-refractivity contribution in [3.05, 3.63) is 66.4 Å². The summed E-state index contributed by atoms with van der Waals surface area (Å²) >= 11 is 1.18. The number of rotatable bonds is 9. The molecule has 3 aromatic rings.